The highest BCUT2D eigenvalue weighted by atomic mass is 16.5. The van der Waals surface area contributed by atoms with Crippen LogP contribution >= 0.6 is 0 Å². The Bertz CT molecular complexity index is 560. The van der Waals surface area contributed by atoms with E-state index in [1.54, 1.807) is 7.11 Å². The van der Waals surface area contributed by atoms with Gasteiger partial charge < -0.3 is 10.1 Å². The van der Waals surface area contributed by atoms with Crippen LogP contribution in [0.4, 0.5) is 0 Å². The van der Waals surface area contributed by atoms with E-state index in [-0.39, 0.29) is 0 Å². The summed E-state index contributed by atoms with van der Waals surface area (Å²) in [6.45, 7) is 7.37. The number of hydrogen-bond acceptors (Lipinski definition) is 2. The average Bonchev–Trinajstić information content (AvgIpc) is 2.48. The van der Waals surface area contributed by atoms with Crippen LogP contribution < -0.4 is 10.1 Å². The highest BCUT2D eigenvalue weighted by Crippen LogP contribution is 2.18. The molecule has 0 saturated heterocycles. The lowest BCUT2D eigenvalue weighted by Crippen LogP contribution is -2.18. The molecule has 2 rings (SSSR count). The third kappa shape index (κ3) is 3.61. The normalized spacial score (nSPS) is 12.2. The number of benzene rings is 2. The van der Waals surface area contributed by atoms with Crippen LogP contribution in [0.25, 0.3) is 0 Å². The van der Waals surface area contributed by atoms with E-state index in [2.05, 4.69) is 56.4 Å². The molecule has 0 aliphatic carbocycles. The van der Waals surface area contributed by atoms with Crippen LogP contribution in [0.1, 0.15) is 35.2 Å². The Morgan fingerprint density at radius 2 is 1.70 bits per heavy atom. The summed E-state index contributed by atoms with van der Waals surface area (Å²) in [5.41, 5.74) is 5.29. The van der Waals surface area contributed by atoms with Crippen molar-refractivity contribution >= 4 is 0 Å². The van der Waals surface area contributed by atoms with E-state index in [0.29, 0.717) is 6.04 Å². The molecule has 0 radical (unpaired) electrons. The van der Waals surface area contributed by atoms with Crippen molar-refractivity contribution in [3.63, 3.8) is 0 Å². The monoisotopic (exact) mass is 269 g/mol. The fourth-order valence-electron chi connectivity index (χ4n) is 2.19. The van der Waals surface area contributed by atoms with E-state index in [1.807, 2.05) is 12.1 Å². The Kier molecular flexibility index (Phi) is 4.80. The quantitative estimate of drug-likeness (QED) is 0.880. The number of nitrogens with one attached hydrogen (secondary N) is 1. The molecule has 106 valence electrons. The first-order valence-electron chi connectivity index (χ1n) is 7.03. The topological polar surface area (TPSA) is 21.3 Å². The van der Waals surface area contributed by atoms with Crippen molar-refractivity contribution in [2.45, 2.75) is 33.4 Å². The maximum Gasteiger partial charge on any atom is 0.118 e. The van der Waals surface area contributed by atoms with Crippen LogP contribution in [0.2, 0.25) is 0 Å². The van der Waals surface area contributed by atoms with E-state index >= 15 is 0 Å². The molecule has 2 aromatic carbocycles. The van der Waals surface area contributed by atoms with Gasteiger partial charge in [0.25, 0.3) is 0 Å². The second-order valence-corrected chi connectivity index (χ2v) is 5.29. The minimum atomic E-state index is 0.322. The van der Waals surface area contributed by atoms with E-state index in [1.165, 1.54) is 22.3 Å². The average molecular weight is 269 g/mol. The molecule has 2 nitrogen and oxygen atoms in total. The third-order valence-electron chi connectivity index (χ3n) is 3.80. The summed E-state index contributed by atoms with van der Waals surface area (Å²) in [4.78, 5) is 0. The lowest BCUT2D eigenvalue weighted by molar-refractivity contribution is 0.414. The highest BCUT2D eigenvalue weighted by molar-refractivity contribution is 5.31. The minimum absolute atomic E-state index is 0.322. The van der Waals surface area contributed by atoms with Gasteiger partial charge in [0.2, 0.25) is 0 Å². The molecule has 0 saturated carbocycles. The lowest BCUT2D eigenvalue weighted by Gasteiger charge is -2.15. The molecule has 0 aromatic heterocycles. The van der Waals surface area contributed by atoms with Crippen LogP contribution in [-0.4, -0.2) is 7.11 Å². The van der Waals surface area contributed by atoms with Gasteiger partial charge in [0, 0.05) is 12.6 Å². The van der Waals surface area contributed by atoms with Crippen molar-refractivity contribution in [2.75, 3.05) is 7.11 Å². The van der Waals surface area contributed by atoms with Gasteiger partial charge in [-0.2, -0.15) is 0 Å². The van der Waals surface area contributed by atoms with Gasteiger partial charge in [-0.05, 0) is 55.2 Å². The Balaban J connectivity index is 1.96. The third-order valence-corrected chi connectivity index (χ3v) is 3.80. The maximum absolute atomic E-state index is 5.18. The lowest BCUT2D eigenvalue weighted by atomic mass is 10.1. The van der Waals surface area contributed by atoms with Crippen LogP contribution in [0.15, 0.2) is 42.5 Å². The molecule has 0 unspecified atom stereocenters. The van der Waals surface area contributed by atoms with Crippen molar-refractivity contribution < 1.29 is 4.74 Å². The molecule has 2 heteroatoms. The zero-order valence-corrected chi connectivity index (χ0v) is 12.7. The predicted molar refractivity (Wildman–Crippen MR) is 84.2 cm³/mol. The zero-order valence-electron chi connectivity index (χ0n) is 12.7. The molecular formula is C18H23NO. The molecule has 0 bridgehead atoms. The molecule has 1 atom stereocenters. The van der Waals surface area contributed by atoms with Crippen LogP contribution in [0.5, 0.6) is 5.75 Å². The first kappa shape index (κ1) is 14.6. The Labute approximate surface area is 121 Å². The molecule has 20 heavy (non-hydrogen) atoms. The summed E-state index contributed by atoms with van der Waals surface area (Å²) >= 11 is 0. The van der Waals surface area contributed by atoms with Gasteiger partial charge in [-0.25, -0.2) is 0 Å². The van der Waals surface area contributed by atoms with E-state index in [0.717, 1.165) is 12.3 Å². The van der Waals surface area contributed by atoms with Crippen molar-refractivity contribution in [2.24, 2.45) is 0 Å². The second kappa shape index (κ2) is 6.58. The molecular weight excluding hydrogens is 246 g/mol. The number of hydrogen-bond donors (Lipinski definition) is 1. The van der Waals surface area contributed by atoms with Gasteiger partial charge in [0.05, 0.1) is 7.11 Å². The van der Waals surface area contributed by atoms with Crippen molar-refractivity contribution in [3.05, 3.63) is 64.7 Å². The maximum atomic E-state index is 5.18. The van der Waals surface area contributed by atoms with Gasteiger partial charge in [-0.15, -0.1) is 0 Å². The molecule has 0 heterocycles. The summed E-state index contributed by atoms with van der Waals surface area (Å²) in [6, 6.07) is 15.2. The summed E-state index contributed by atoms with van der Waals surface area (Å²) in [5.74, 6) is 0.898. The zero-order chi connectivity index (χ0) is 14.5. The highest BCUT2D eigenvalue weighted by Gasteiger charge is 2.05. The number of methoxy groups -OCH3 is 1. The fraction of sp³-hybridized carbons (Fsp3) is 0.333. The molecule has 0 aliphatic rings. The fourth-order valence-corrected chi connectivity index (χ4v) is 2.19. The molecule has 2 aromatic rings. The van der Waals surface area contributed by atoms with Crippen molar-refractivity contribution in [1.82, 2.24) is 5.32 Å². The molecule has 1 N–H and O–H groups in total. The predicted octanol–water partition coefficient (Wildman–Crippen LogP) is 4.16. The van der Waals surface area contributed by atoms with Gasteiger partial charge in [0.1, 0.15) is 5.75 Å². The van der Waals surface area contributed by atoms with E-state index < -0.39 is 0 Å². The van der Waals surface area contributed by atoms with Gasteiger partial charge >= 0.3 is 0 Å². The van der Waals surface area contributed by atoms with Crippen molar-refractivity contribution in [3.8, 4) is 5.75 Å². The molecule has 0 aliphatic heterocycles. The molecule has 0 amide bonds. The smallest absolute Gasteiger partial charge is 0.118 e. The SMILES string of the molecule is COc1ccc([C@@H](C)NCc2ccc(C)c(C)c2)cc1. The largest absolute Gasteiger partial charge is 0.497 e. The molecule has 0 spiro atoms. The second-order valence-electron chi connectivity index (χ2n) is 5.29. The number of ether oxygens (including phenoxy) is 1. The van der Waals surface area contributed by atoms with E-state index in [9.17, 15) is 0 Å². The van der Waals surface area contributed by atoms with Gasteiger partial charge in [0.15, 0.2) is 0 Å². The molecule has 0 fully saturated rings. The number of aryl methyl sites for hydroxylation is 2. The summed E-state index contributed by atoms with van der Waals surface area (Å²) in [7, 11) is 1.69. The summed E-state index contributed by atoms with van der Waals surface area (Å²) in [5, 5.41) is 3.56. The standard InChI is InChI=1S/C18H23NO/c1-13-5-6-16(11-14(13)2)12-19-15(3)17-7-9-18(20-4)10-8-17/h5-11,15,19H,12H2,1-4H3/t15-/m1/s1. The van der Waals surface area contributed by atoms with Crippen molar-refractivity contribution in [1.29, 1.82) is 0 Å². The van der Waals surface area contributed by atoms with Crippen LogP contribution in [0.3, 0.4) is 0 Å². The first-order valence-corrected chi connectivity index (χ1v) is 7.03. The Morgan fingerprint density at radius 1 is 1.00 bits per heavy atom. The van der Waals surface area contributed by atoms with Crippen LogP contribution in [-0.2, 0) is 6.54 Å². The first-order chi connectivity index (χ1) is 9.60. The Morgan fingerprint density at radius 3 is 2.30 bits per heavy atom. The van der Waals surface area contributed by atoms with Gasteiger partial charge in [-0.3, -0.25) is 0 Å². The van der Waals surface area contributed by atoms with Gasteiger partial charge in [-0.1, -0.05) is 30.3 Å². The van der Waals surface area contributed by atoms with E-state index in [4.69, 9.17) is 4.74 Å². The Hall–Kier alpha value is -1.80. The summed E-state index contributed by atoms with van der Waals surface area (Å²) in [6.07, 6.45) is 0. The number of rotatable bonds is 5. The minimum Gasteiger partial charge on any atom is -0.497 e. The van der Waals surface area contributed by atoms with Crippen LogP contribution in [0, 0.1) is 13.8 Å². The summed E-state index contributed by atoms with van der Waals surface area (Å²) < 4.78 is 5.18.